The van der Waals surface area contributed by atoms with Gasteiger partial charge in [0, 0.05) is 16.7 Å². The van der Waals surface area contributed by atoms with Crippen LogP contribution in [0.5, 0.6) is 0 Å². The van der Waals surface area contributed by atoms with E-state index in [1.165, 1.54) is 4.31 Å². The lowest BCUT2D eigenvalue weighted by Gasteiger charge is -2.18. The highest BCUT2D eigenvalue weighted by atomic mass is 79.9. The molecule has 0 bridgehead atoms. The summed E-state index contributed by atoms with van der Waals surface area (Å²) in [5.74, 6) is -0.337. The largest absolute Gasteiger partial charge is 0.325 e. The topological polar surface area (TPSA) is 66.5 Å². The Morgan fingerprint density at radius 3 is 2.67 bits per heavy atom. The van der Waals surface area contributed by atoms with Gasteiger partial charge in [-0.2, -0.15) is 4.31 Å². The van der Waals surface area contributed by atoms with Gasteiger partial charge in [-0.15, -0.1) is 11.3 Å². The SMILES string of the molecule is O=C1CN(S(=O)(=O)c2sccc2Br)Cc2ccccc2N1. The van der Waals surface area contributed by atoms with Crippen molar-refractivity contribution in [2.75, 3.05) is 11.9 Å². The number of thiophene rings is 1. The molecule has 0 radical (unpaired) electrons. The molecule has 0 fully saturated rings. The van der Waals surface area contributed by atoms with Crippen molar-refractivity contribution < 1.29 is 13.2 Å². The number of benzene rings is 1. The first-order valence-electron chi connectivity index (χ1n) is 6.09. The van der Waals surface area contributed by atoms with E-state index in [4.69, 9.17) is 0 Å². The Morgan fingerprint density at radius 1 is 1.19 bits per heavy atom. The lowest BCUT2D eigenvalue weighted by atomic mass is 10.2. The van der Waals surface area contributed by atoms with Crippen LogP contribution in [-0.2, 0) is 21.4 Å². The van der Waals surface area contributed by atoms with Gasteiger partial charge in [-0.05, 0) is 39.0 Å². The van der Waals surface area contributed by atoms with E-state index in [1.807, 2.05) is 12.1 Å². The lowest BCUT2D eigenvalue weighted by molar-refractivity contribution is -0.116. The molecule has 21 heavy (non-hydrogen) atoms. The zero-order valence-corrected chi connectivity index (χ0v) is 14.0. The third kappa shape index (κ3) is 2.76. The van der Waals surface area contributed by atoms with Crippen LogP contribution in [-0.4, -0.2) is 25.2 Å². The third-order valence-corrected chi connectivity index (χ3v) is 7.56. The average molecular weight is 387 g/mol. The van der Waals surface area contributed by atoms with Gasteiger partial charge in [0.2, 0.25) is 5.91 Å². The van der Waals surface area contributed by atoms with Crippen molar-refractivity contribution >= 4 is 48.9 Å². The number of sulfonamides is 1. The molecule has 1 aliphatic rings. The van der Waals surface area contributed by atoms with Crippen molar-refractivity contribution in [2.24, 2.45) is 0 Å². The molecule has 0 saturated carbocycles. The van der Waals surface area contributed by atoms with Crippen molar-refractivity contribution in [3.63, 3.8) is 0 Å². The predicted octanol–water partition coefficient (Wildman–Crippen LogP) is 2.65. The molecule has 0 spiro atoms. The maximum Gasteiger partial charge on any atom is 0.254 e. The van der Waals surface area contributed by atoms with E-state index in [1.54, 1.807) is 23.6 Å². The van der Waals surface area contributed by atoms with Crippen molar-refractivity contribution in [3.8, 4) is 0 Å². The maximum absolute atomic E-state index is 12.7. The summed E-state index contributed by atoms with van der Waals surface area (Å²) in [4.78, 5) is 11.9. The van der Waals surface area contributed by atoms with Gasteiger partial charge >= 0.3 is 0 Å². The molecule has 5 nitrogen and oxygen atoms in total. The molecule has 8 heteroatoms. The Hall–Kier alpha value is -1.22. The van der Waals surface area contributed by atoms with Gasteiger partial charge in [-0.1, -0.05) is 18.2 Å². The number of anilines is 1. The third-order valence-electron chi connectivity index (χ3n) is 3.12. The second kappa shape index (κ2) is 5.53. The van der Waals surface area contributed by atoms with Crippen molar-refractivity contribution in [1.29, 1.82) is 0 Å². The summed E-state index contributed by atoms with van der Waals surface area (Å²) < 4.78 is 27.3. The van der Waals surface area contributed by atoms with Crippen molar-refractivity contribution in [1.82, 2.24) is 4.31 Å². The zero-order chi connectivity index (χ0) is 15.0. The van der Waals surface area contributed by atoms with E-state index in [0.717, 1.165) is 16.9 Å². The van der Waals surface area contributed by atoms with Crippen molar-refractivity contribution in [2.45, 2.75) is 10.8 Å². The van der Waals surface area contributed by atoms with Gasteiger partial charge in [-0.3, -0.25) is 4.79 Å². The molecule has 0 aliphatic carbocycles. The van der Waals surface area contributed by atoms with Crippen LogP contribution in [0, 0.1) is 0 Å². The van der Waals surface area contributed by atoms with Crippen LogP contribution in [0.25, 0.3) is 0 Å². The molecule has 0 unspecified atom stereocenters. The fourth-order valence-electron chi connectivity index (χ4n) is 2.13. The number of rotatable bonds is 2. The number of amides is 1. The van der Waals surface area contributed by atoms with Crippen molar-refractivity contribution in [3.05, 3.63) is 45.7 Å². The summed E-state index contributed by atoms with van der Waals surface area (Å²) >= 11 is 4.37. The molecule has 3 rings (SSSR count). The van der Waals surface area contributed by atoms with Crippen LogP contribution in [0.4, 0.5) is 5.69 Å². The summed E-state index contributed by atoms with van der Waals surface area (Å²) in [6, 6.07) is 8.89. The number of nitrogens with zero attached hydrogens (tertiary/aromatic N) is 1. The number of carbonyl (C=O) groups is 1. The van der Waals surface area contributed by atoms with E-state index >= 15 is 0 Å². The molecular formula is C13H11BrN2O3S2. The van der Waals surface area contributed by atoms with Crippen LogP contribution in [0.2, 0.25) is 0 Å². The normalized spacial score (nSPS) is 16.1. The average Bonchev–Trinajstić information content (AvgIpc) is 2.78. The molecule has 1 amide bonds. The van der Waals surface area contributed by atoms with Gasteiger partial charge < -0.3 is 5.32 Å². The molecule has 1 N–H and O–H groups in total. The molecule has 1 aromatic carbocycles. The fraction of sp³-hybridized carbons (Fsp3) is 0.154. The van der Waals surface area contributed by atoms with E-state index in [9.17, 15) is 13.2 Å². The Labute approximate surface area is 134 Å². The Kier molecular flexibility index (Phi) is 3.87. The number of fused-ring (bicyclic) bond motifs is 1. The molecule has 1 aromatic heterocycles. The van der Waals surface area contributed by atoms with Crippen LogP contribution >= 0.6 is 27.3 Å². The molecule has 0 atom stereocenters. The molecule has 0 saturated heterocycles. The number of hydrogen-bond acceptors (Lipinski definition) is 4. The van der Waals surface area contributed by atoms with Crippen LogP contribution in [0.15, 0.2) is 44.4 Å². The Morgan fingerprint density at radius 2 is 1.95 bits per heavy atom. The second-order valence-electron chi connectivity index (χ2n) is 4.53. The van der Waals surface area contributed by atoms with E-state index in [0.29, 0.717) is 10.2 Å². The molecule has 110 valence electrons. The summed E-state index contributed by atoms with van der Waals surface area (Å²) in [6.07, 6.45) is 0. The minimum Gasteiger partial charge on any atom is -0.325 e. The smallest absolute Gasteiger partial charge is 0.254 e. The lowest BCUT2D eigenvalue weighted by Crippen LogP contribution is -2.35. The number of halogens is 1. The van der Waals surface area contributed by atoms with Crippen LogP contribution in [0.3, 0.4) is 0 Å². The fourth-order valence-corrected chi connectivity index (χ4v) is 5.95. The van der Waals surface area contributed by atoms with Gasteiger partial charge in [0.05, 0.1) is 6.54 Å². The van der Waals surface area contributed by atoms with Gasteiger partial charge in [0.25, 0.3) is 10.0 Å². The standard InChI is InChI=1S/C13H11BrN2O3S2/c14-10-5-6-20-13(10)21(18,19)16-7-9-3-1-2-4-11(9)15-12(17)8-16/h1-6H,7-8H2,(H,15,17). The Bertz CT molecular complexity index is 801. The summed E-state index contributed by atoms with van der Waals surface area (Å²) in [7, 11) is -3.70. The first kappa shape index (κ1) is 14.7. The quantitative estimate of drug-likeness (QED) is 0.862. The summed E-state index contributed by atoms with van der Waals surface area (Å²) in [5.41, 5.74) is 1.44. The summed E-state index contributed by atoms with van der Waals surface area (Å²) in [6.45, 7) is -0.0249. The highest BCUT2D eigenvalue weighted by molar-refractivity contribution is 9.10. The van der Waals surface area contributed by atoms with Crippen LogP contribution in [0.1, 0.15) is 5.56 Å². The van der Waals surface area contributed by atoms with E-state index < -0.39 is 10.0 Å². The molecule has 1 aliphatic heterocycles. The van der Waals surface area contributed by atoms with Gasteiger partial charge in [0.1, 0.15) is 4.21 Å². The highest BCUT2D eigenvalue weighted by Crippen LogP contribution is 2.32. The Balaban J connectivity index is 2.03. The number of hydrogen-bond donors (Lipinski definition) is 1. The number of carbonyl (C=O) groups excluding carboxylic acids is 1. The second-order valence-corrected chi connectivity index (χ2v) is 8.44. The van der Waals surface area contributed by atoms with Gasteiger partial charge in [-0.25, -0.2) is 8.42 Å². The first-order valence-corrected chi connectivity index (χ1v) is 9.20. The number of para-hydroxylation sites is 1. The monoisotopic (exact) mass is 386 g/mol. The van der Waals surface area contributed by atoms with Gasteiger partial charge in [0.15, 0.2) is 0 Å². The molecule has 2 aromatic rings. The molecular weight excluding hydrogens is 376 g/mol. The summed E-state index contributed by atoms with van der Waals surface area (Å²) in [5, 5.41) is 4.43. The predicted molar refractivity (Wildman–Crippen MR) is 84.7 cm³/mol. The zero-order valence-electron chi connectivity index (χ0n) is 10.7. The first-order chi connectivity index (χ1) is 9.98. The maximum atomic E-state index is 12.7. The highest BCUT2D eigenvalue weighted by Gasteiger charge is 2.32. The molecule has 2 heterocycles. The minimum absolute atomic E-state index is 0.168. The van der Waals surface area contributed by atoms with Crippen LogP contribution < -0.4 is 5.32 Å². The minimum atomic E-state index is -3.70. The van der Waals surface area contributed by atoms with E-state index in [-0.39, 0.29) is 23.2 Å². The van der Waals surface area contributed by atoms with E-state index in [2.05, 4.69) is 21.2 Å². The number of nitrogens with one attached hydrogen (secondary N) is 1.